The molecular weight excluding hydrogens is 260 g/mol. The smallest absolute Gasteiger partial charge is 0.0471 e. The zero-order valence-corrected chi connectivity index (χ0v) is 10.6. The van der Waals surface area contributed by atoms with Gasteiger partial charge in [-0.25, -0.2) is 0 Å². The first-order valence-corrected chi connectivity index (χ1v) is 7.01. The van der Waals surface area contributed by atoms with Gasteiger partial charge in [-0.1, -0.05) is 22.0 Å². The topological polar surface area (TPSA) is 9.23 Å². The molecule has 1 nitrogen and oxygen atoms in total. The lowest BCUT2D eigenvalue weighted by Gasteiger charge is -2.35. The Labute approximate surface area is 97.6 Å². The van der Waals surface area contributed by atoms with Gasteiger partial charge in [-0.15, -0.1) is 11.3 Å². The second kappa shape index (κ2) is 4.77. The first-order valence-electron chi connectivity index (χ1n) is 5.01. The third kappa shape index (κ3) is 2.38. The number of ether oxygens (including phenoxy) is 1. The molecule has 78 valence electrons. The van der Waals surface area contributed by atoms with Crippen molar-refractivity contribution >= 4 is 27.3 Å². The van der Waals surface area contributed by atoms with Gasteiger partial charge < -0.3 is 4.74 Å². The molecule has 0 amide bonds. The number of rotatable bonds is 3. The summed E-state index contributed by atoms with van der Waals surface area (Å²) in [6.45, 7) is 1.86. The summed E-state index contributed by atoms with van der Waals surface area (Å²) in [4.78, 5) is 1.51. The van der Waals surface area contributed by atoms with E-state index in [2.05, 4.69) is 33.4 Å². The molecule has 2 heterocycles. The van der Waals surface area contributed by atoms with Crippen LogP contribution >= 0.6 is 27.3 Å². The van der Waals surface area contributed by atoms with Crippen molar-refractivity contribution in [2.75, 3.05) is 18.5 Å². The van der Waals surface area contributed by atoms with Crippen molar-refractivity contribution in [3.05, 3.63) is 22.4 Å². The molecule has 3 heteroatoms. The summed E-state index contributed by atoms with van der Waals surface area (Å²) < 4.78 is 5.43. The van der Waals surface area contributed by atoms with Gasteiger partial charge in [-0.2, -0.15) is 0 Å². The molecule has 0 aromatic carbocycles. The zero-order valence-electron chi connectivity index (χ0n) is 8.17. The number of hydrogen-bond acceptors (Lipinski definition) is 2. The minimum absolute atomic E-state index is 0.448. The average Bonchev–Trinajstić information content (AvgIpc) is 2.72. The van der Waals surface area contributed by atoms with E-state index in [1.807, 2.05) is 11.3 Å². The van der Waals surface area contributed by atoms with Crippen molar-refractivity contribution in [3.8, 4) is 0 Å². The van der Waals surface area contributed by atoms with Crippen molar-refractivity contribution in [1.29, 1.82) is 0 Å². The maximum absolute atomic E-state index is 5.43. The summed E-state index contributed by atoms with van der Waals surface area (Å²) in [5.41, 5.74) is 0.448. The molecule has 1 aromatic rings. The molecular formula is C11H15BrOS. The summed E-state index contributed by atoms with van der Waals surface area (Å²) in [5.74, 6) is 0. The number of thiophene rings is 1. The standard InChI is InChI=1S/C11H15BrOS/c12-9-11(3-5-13-6-4-11)8-10-2-1-7-14-10/h1-2,7H,3-6,8-9H2. The van der Waals surface area contributed by atoms with E-state index in [1.54, 1.807) is 0 Å². The van der Waals surface area contributed by atoms with E-state index >= 15 is 0 Å². The quantitative estimate of drug-likeness (QED) is 0.767. The van der Waals surface area contributed by atoms with E-state index in [1.165, 1.54) is 24.1 Å². The molecule has 0 N–H and O–H groups in total. The van der Waals surface area contributed by atoms with Crippen LogP contribution in [-0.2, 0) is 11.2 Å². The van der Waals surface area contributed by atoms with Gasteiger partial charge in [0, 0.05) is 23.4 Å². The number of halogens is 1. The SMILES string of the molecule is BrCC1(Cc2cccs2)CCOCC1. The minimum Gasteiger partial charge on any atom is -0.381 e. The van der Waals surface area contributed by atoms with Gasteiger partial charge in [0.25, 0.3) is 0 Å². The summed E-state index contributed by atoms with van der Waals surface area (Å²) in [6, 6.07) is 4.38. The molecule has 0 radical (unpaired) electrons. The Morgan fingerprint density at radius 2 is 2.21 bits per heavy atom. The molecule has 2 rings (SSSR count). The highest BCUT2D eigenvalue weighted by Crippen LogP contribution is 2.37. The van der Waals surface area contributed by atoms with E-state index < -0.39 is 0 Å². The van der Waals surface area contributed by atoms with Crippen LogP contribution in [0.15, 0.2) is 17.5 Å². The predicted molar refractivity (Wildman–Crippen MR) is 64.3 cm³/mol. The molecule has 1 saturated heterocycles. The molecule has 14 heavy (non-hydrogen) atoms. The van der Waals surface area contributed by atoms with Gasteiger partial charge in [-0.3, -0.25) is 0 Å². The molecule has 1 fully saturated rings. The van der Waals surface area contributed by atoms with Crippen LogP contribution in [0.2, 0.25) is 0 Å². The Morgan fingerprint density at radius 1 is 1.43 bits per heavy atom. The van der Waals surface area contributed by atoms with E-state index in [0.717, 1.165) is 18.5 Å². The minimum atomic E-state index is 0.448. The Morgan fingerprint density at radius 3 is 2.79 bits per heavy atom. The Bertz CT molecular complexity index is 265. The molecule has 1 aromatic heterocycles. The second-order valence-electron chi connectivity index (χ2n) is 4.00. The maximum atomic E-state index is 5.43. The van der Waals surface area contributed by atoms with Gasteiger partial charge >= 0.3 is 0 Å². The van der Waals surface area contributed by atoms with Gasteiger partial charge in [0.05, 0.1) is 0 Å². The first kappa shape index (κ1) is 10.7. The van der Waals surface area contributed by atoms with Crippen molar-refractivity contribution in [1.82, 2.24) is 0 Å². The van der Waals surface area contributed by atoms with E-state index in [0.29, 0.717) is 5.41 Å². The molecule has 1 aliphatic rings. The highest BCUT2D eigenvalue weighted by Gasteiger charge is 2.31. The van der Waals surface area contributed by atoms with E-state index in [4.69, 9.17) is 4.74 Å². The van der Waals surface area contributed by atoms with Gasteiger partial charge in [0.1, 0.15) is 0 Å². The third-order valence-corrected chi connectivity index (χ3v) is 5.03. The predicted octanol–water partition coefficient (Wildman–Crippen LogP) is 3.48. The summed E-state index contributed by atoms with van der Waals surface area (Å²) in [7, 11) is 0. The Hall–Kier alpha value is 0.140. The molecule has 0 spiro atoms. The fraction of sp³-hybridized carbons (Fsp3) is 0.636. The third-order valence-electron chi connectivity index (χ3n) is 2.97. The summed E-state index contributed by atoms with van der Waals surface area (Å²) >= 11 is 5.53. The van der Waals surface area contributed by atoms with Crippen LogP contribution < -0.4 is 0 Å². The van der Waals surface area contributed by atoms with Gasteiger partial charge in [-0.05, 0) is 36.1 Å². The molecule has 1 aliphatic heterocycles. The Balaban J connectivity index is 2.04. The Kier molecular flexibility index (Phi) is 3.63. The highest BCUT2D eigenvalue weighted by molar-refractivity contribution is 9.09. The molecule has 0 atom stereocenters. The number of hydrogen-bond donors (Lipinski definition) is 0. The lowest BCUT2D eigenvalue weighted by molar-refractivity contribution is 0.0273. The van der Waals surface area contributed by atoms with Gasteiger partial charge in [0.2, 0.25) is 0 Å². The van der Waals surface area contributed by atoms with Crippen LogP contribution in [0.1, 0.15) is 17.7 Å². The monoisotopic (exact) mass is 274 g/mol. The molecule has 0 saturated carbocycles. The summed E-state index contributed by atoms with van der Waals surface area (Å²) in [6.07, 6.45) is 3.59. The van der Waals surface area contributed by atoms with E-state index in [9.17, 15) is 0 Å². The second-order valence-corrected chi connectivity index (χ2v) is 5.60. The van der Waals surface area contributed by atoms with Gasteiger partial charge in [0.15, 0.2) is 0 Å². The maximum Gasteiger partial charge on any atom is 0.0471 e. The van der Waals surface area contributed by atoms with Crippen LogP contribution in [0, 0.1) is 5.41 Å². The lowest BCUT2D eigenvalue weighted by atomic mass is 9.79. The van der Waals surface area contributed by atoms with Crippen molar-refractivity contribution in [3.63, 3.8) is 0 Å². The van der Waals surface area contributed by atoms with Crippen molar-refractivity contribution in [2.24, 2.45) is 5.41 Å². The molecule has 0 aliphatic carbocycles. The largest absolute Gasteiger partial charge is 0.381 e. The van der Waals surface area contributed by atoms with E-state index in [-0.39, 0.29) is 0 Å². The molecule has 0 unspecified atom stereocenters. The first-order chi connectivity index (χ1) is 6.85. The molecule has 0 bridgehead atoms. The van der Waals surface area contributed by atoms with Crippen LogP contribution in [0.25, 0.3) is 0 Å². The van der Waals surface area contributed by atoms with Crippen LogP contribution in [0.4, 0.5) is 0 Å². The van der Waals surface area contributed by atoms with Crippen LogP contribution in [0.3, 0.4) is 0 Å². The van der Waals surface area contributed by atoms with Crippen molar-refractivity contribution < 1.29 is 4.74 Å². The summed E-state index contributed by atoms with van der Waals surface area (Å²) in [5, 5.41) is 3.26. The fourth-order valence-electron chi connectivity index (χ4n) is 1.94. The average molecular weight is 275 g/mol. The number of alkyl halides is 1. The lowest BCUT2D eigenvalue weighted by Crippen LogP contribution is -2.32. The van der Waals surface area contributed by atoms with Crippen LogP contribution in [0.5, 0.6) is 0 Å². The fourth-order valence-corrected chi connectivity index (χ4v) is 3.58. The van der Waals surface area contributed by atoms with Crippen LogP contribution in [-0.4, -0.2) is 18.5 Å². The highest BCUT2D eigenvalue weighted by atomic mass is 79.9. The normalized spacial score (nSPS) is 20.9. The van der Waals surface area contributed by atoms with Crippen molar-refractivity contribution in [2.45, 2.75) is 19.3 Å². The zero-order chi connectivity index (χ0) is 9.86.